The first-order valence-corrected chi connectivity index (χ1v) is 15.2. The smallest absolute Gasteiger partial charge is 0.408 e. The topological polar surface area (TPSA) is 135 Å². The van der Waals surface area contributed by atoms with Crippen LogP contribution in [0.5, 0.6) is 0 Å². The van der Waals surface area contributed by atoms with Crippen LogP contribution < -0.4 is 5.32 Å². The molecular weight excluding hydrogens is 554 g/mol. The number of ether oxygens (including phenoxy) is 3. The van der Waals surface area contributed by atoms with E-state index in [4.69, 9.17) is 14.2 Å². The van der Waals surface area contributed by atoms with Crippen molar-refractivity contribution in [3.05, 3.63) is 35.9 Å². The number of carboxylic acids is 1. The summed E-state index contributed by atoms with van der Waals surface area (Å²) < 4.78 is 16.8. The van der Waals surface area contributed by atoms with E-state index in [0.29, 0.717) is 13.0 Å². The van der Waals surface area contributed by atoms with Crippen LogP contribution in [0.25, 0.3) is 0 Å². The number of hydrogen-bond donors (Lipinski definition) is 2. The zero-order chi connectivity index (χ0) is 32.3. The van der Waals surface area contributed by atoms with Gasteiger partial charge in [-0.05, 0) is 37.2 Å². The molecule has 1 aliphatic heterocycles. The third kappa shape index (κ3) is 9.66. The molecule has 1 saturated heterocycles. The summed E-state index contributed by atoms with van der Waals surface area (Å²) in [4.78, 5) is 55.2. The number of nitrogens with one attached hydrogen (secondary N) is 1. The van der Waals surface area contributed by atoms with Crippen molar-refractivity contribution in [2.75, 3.05) is 27.8 Å². The van der Waals surface area contributed by atoms with E-state index in [9.17, 15) is 24.3 Å². The van der Waals surface area contributed by atoms with E-state index in [2.05, 4.69) is 5.32 Å². The molecule has 1 heterocycles. The van der Waals surface area contributed by atoms with Gasteiger partial charge in [-0.3, -0.25) is 14.4 Å². The van der Waals surface area contributed by atoms with E-state index < -0.39 is 42.3 Å². The molecule has 1 aliphatic rings. The van der Waals surface area contributed by atoms with Gasteiger partial charge >= 0.3 is 12.1 Å². The molecule has 0 aromatic heterocycles. The van der Waals surface area contributed by atoms with E-state index in [1.807, 2.05) is 58.0 Å². The highest BCUT2D eigenvalue weighted by molar-refractivity contribution is 5.86. The minimum Gasteiger partial charge on any atom is -0.481 e. The Morgan fingerprint density at radius 3 is 2.26 bits per heavy atom. The fourth-order valence-corrected chi connectivity index (χ4v) is 5.92. The van der Waals surface area contributed by atoms with Crippen LogP contribution in [0.1, 0.15) is 65.9 Å². The molecule has 1 fully saturated rings. The molecule has 242 valence electrons. The average molecular weight is 606 g/mol. The molecule has 0 aliphatic carbocycles. The number of likely N-dealkylation sites (tertiary alicyclic amines) is 1. The van der Waals surface area contributed by atoms with Gasteiger partial charge in [0.2, 0.25) is 11.8 Å². The summed E-state index contributed by atoms with van der Waals surface area (Å²) in [5.41, 5.74) is 0.834. The first-order valence-electron chi connectivity index (χ1n) is 15.2. The summed E-state index contributed by atoms with van der Waals surface area (Å²) in [6, 6.07) is 7.61. The molecule has 3 amide bonds. The van der Waals surface area contributed by atoms with Crippen molar-refractivity contribution in [2.24, 2.45) is 17.8 Å². The first kappa shape index (κ1) is 36.0. The summed E-state index contributed by atoms with van der Waals surface area (Å²) in [5.74, 6) is -2.50. The zero-order valence-electron chi connectivity index (χ0n) is 26.9. The number of methoxy groups -OCH3 is 2. The van der Waals surface area contributed by atoms with Gasteiger partial charge in [-0.1, -0.05) is 64.4 Å². The standard InChI is InChI=1S/C32H51N3O8/c1-9-21(4)28(25(41-7)18-26(36)35-17-13-16-24(35)29(42-8)22(5)31(38)39)34(6)30(37)27(20(2)3)33-32(40)43-19-23-14-11-10-12-15-23/h10-12,14-15,20-22,24-25,27-29H,9,13,16-19H2,1-8H3,(H,33,40)(H,38,39)/t21-,22+,24?,25+,27?,28-,29+/m0/s1. The molecule has 0 bridgehead atoms. The Hall–Kier alpha value is -3.18. The molecule has 0 saturated carbocycles. The third-order valence-corrected chi connectivity index (χ3v) is 8.65. The van der Waals surface area contributed by atoms with E-state index in [0.717, 1.165) is 18.4 Å². The van der Waals surface area contributed by atoms with Gasteiger partial charge in [-0.25, -0.2) is 4.79 Å². The van der Waals surface area contributed by atoms with Crippen LogP contribution in [0.4, 0.5) is 4.79 Å². The van der Waals surface area contributed by atoms with Gasteiger partial charge in [0.1, 0.15) is 12.6 Å². The van der Waals surface area contributed by atoms with Crippen molar-refractivity contribution < 1.29 is 38.5 Å². The van der Waals surface area contributed by atoms with Gasteiger partial charge in [0.25, 0.3) is 0 Å². The second-order valence-corrected chi connectivity index (χ2v) is 11.9. The highest BCUT2D eigenvalue weighted by Crippen LogP contribution is 2.29. The Bertz CT molecular complexity index is 1050. The number of benzene rings is 1. The monoisotopic (exact) mass is 605 g/mol. The maximum absolute atomic E-state index is 13.9. The number of carbonyl (C=O) groups excluding carboxylic acids is 3. The minimum atomic E-state index is -0.977. The molecule has 11 nitrogen and oxygen atoms in total. The van der Waals surface area contributed by atoms with Gasteiger partial charge in [-0.2, -0.15) is 0 Å². The lowest BCUT2D eigenvalue weighted by Crippen LogP contribution is -2.57. The Balaban J connectivity index is 2.20. The Kier molecular flexibility index (Phi) is 14.4. The van der Waals surface area contributed by atoms with Crippen LogP contribution in [0.3, 0.4) is 0 Å². The quantitative estimate of drug-likeness (QED) is 0.289. The molecule has 1 aromatic carbocycles. The highest BCUT2D eigenvalue weighted by Gasteiger charge is 2.42. The lowest BCUT2D eigenvalue weighted by Gasteiger charge is -2.40. The van der Waals surface area contributed by atoms with Gasteiger partial charge in [-0.15, -0.1) is 0 Å². The number of likely N-dealkylation sites (N-methyl/N-ethyl adjacent to an activating group) is 1. The SMILES string of the molecule is CC[C@H](C)[C@@H]([C@@H](CC(=O)N1CCCC1[C@H](OC)[C@@H](C)C(=O)O)OC)N(C)C(=O)C(NC(=O)OCc1ccccc1)C(C)C. The number of aliphatic carboxylic acids is 1. The second-order valence-electron chi connectivity index (χ2n) is 11.9. The largest absolute Gasteiger partial charge is 0.481 e. The number of amides is 3. The van der Waals surface area contributed by atoms with E-state index in [-0.39, 0.29) is 42.7 Å². The summed E-state index contributed by atoms with van der Waals surface area (Å²) >= 11 is 0. The number of carbonyl (C=O) groups is 4. The second kappa shape index (κ2) is 17.2. The summed E-state index contributed by atoms with van der Waals surface area (Å²) in [7, 11) is 4.67. The molecule has 11 heteroatoms. The number of rotatable bonds is 16. The lowest BCUT2D eigenvalue weighted by atomic mass is 9.89. The fourth-order valence-electron chi connectivity index (χ4n) is 5.92. The number of carboxylic acid groups (broad SMARTS) is 1. The molecule has 1 aromatic rings. The Labute approximate surface area is 256 Å². The predicted octanol–water partition coefficient (Wildman–Crippen LogP) is 3.94. The van der Waals surface area contributed by atoms with Gasteiger partial charge in [0.05, 0.1) is 36.6 Å². The van der Waals surface area contributed by atoms with Gasteiger partial charge in [0.15, 0.2) is 0 Å². The molecule has 0 spiro atoms. The molecular formula is C32H51N3O8. The van der Waals surface area contributed by atoms with E-state index in [1.165, 1.54) is 14.2 Å². The molecule has 43 heavy (non-hydrogen) atoms. The highest BCUT2D eigenvalue weighted by atomic mass is 16.5. The van der Waals surface area contributed by atoms with Crippen LogP contribution in [0.2, 0.25) is 0 Å². The summed E-state index contributed by atoms with van der Waals surface area (Å²) in [5, 5.41) is 12.3. The van der Waals surface area contributed by atoms with E-state index in [1.54, 1.807) is 23.8 Å². The molecule has 0 radical (unpaired) electrons. The van der Waals surface area contributed by atoms with Crippen molar-refractivity contribution in [1.29, 1.82) is 0 Å². The van der Waals surface area contributed by atoms with Crippen LogP contribution in [0.15, 0.2) is 30.3 Å². The van der Waals surface area contributed by atoms with Crippen molar-refractivity contribution in [1.82, 2.24) is 15.1 Å². The van der Waals surface area contributed by atoms with Crippen LogP contribution >= 0.6 is 0 Å². The van der Waals surface area contributed by atoms with Crippen molar-refractivity contribution in [2.45, 2.75) is 97.2 Å². The number of alkyl carbamates (subject to hydrolysis) is 1. The van der Waals surface area contributed by atoms with Crippen LogP contribution in [-0.2, 0) is 35.2 Å². The fraction of sp³-hybridized carbons (Fsp3) is 0.688. The van der Waals surface area contributed by atoms with Crippen LogP contribution in [0, 0.1) is 17.8 Å². The van der Waals surface area contributed by atoms with Crippen LogP contribution in [-0.4, -0.2) is 96.9 Å². The maximum Gasteiger partial charge on any atom is 0.408 e. The molecule has 7 atom stereocenters. The van der Waals surface area contributed by atoms with Gasteiger partial charge < -0.3 is 34.4 Å². The Morgan fingerprint density at radius 1 is 1.07 bits per heavy atom. The number of nitrogens with zero attached hydrogens (tertiary/aromatic N) is 2. The normalized spacial score (nSPS) is 19.2. The zero-order valence-corrected chi connectivity index (χ0v) is 26.9. The minimum absolute atomic E-state index is 0.0103. The Morgan fingerprint density at radius 2 is 1.72 bits per heavy atom. The van der Waals surface area contributed by atoms with Crippen molar-refractivity contribution in [3.8, 4) is 0 Å². The average Bonchev–Trinajstić information content (AvgIpc) is 3.48. The van der Waals surface area contributed by atoms with E-state index >= 15 is 0 Å². The van der Waals surface area contributed by atoms with Gasteiger partial charge in [0, 0.05) is 27.8 Å². The summed E-state index contributed by atoms with van der Waals surface area (Å²) in [6.45, 7) is 9.88. The molecule has 2 rings (SSSR count). The summed E-state index contributed by atoms with van der Waals surface area (Å²) in [6.07, 6.45) is 0.170. The lowest BCUT2D eigenvalue weighted by molar-refractivity contribution is -0.152. The van der Waals surface area contributed by atoms with Crippen molar-refractivity contribution in [3.63, 3.8) is 0 Å². The maximum atomic E-state index is 13.9. The molecule has 2 N–H and O–H groups in total. The first-order chi connectivity index (χ1) is 20.4. The van der Waals surface area contributed by atoms with Crippen molar-refractivity contribution >= 4 is 23.9 Å². The predicted molar refractivity (Wildman–Crippen MR) is 162 cm³/mol. The number of hydrogen-bond acceptors (Lipinski definition) is 7. The third-order valence-electron chi connectivity index (χ3n) is 8.65. The molecule has 2 unspecified atom stereocenters.